The maximum absolute atomic E-state index is 12.8. The van der Waals surface area contributed by atoms with Crippen molar-refractivity contribution in [3.8, 4) is 11.5 Å². The summed E-state index contributed by atoms with van der Waals surface area (Å²) in [7, 11) is 0. The highest BCUT2D eigenvalue weighted by atomic mass is 32.2. The fraction of sp³-hybridized carbons (Fsp3) is 0.417. The van der Waals surface area contributed by atoms with Crippen LogP contribution in [0, 0.1) is 16.0 Å². The van der Waals surface area contributed by atoms with E-state index in [1.165, 1.54) is 34.3 Å². The SMILES string of the molecule is CCOc1cc([N+](=O)[O-])c(OCC)cc1NC(=O)CSc1nnc2c3c4c(sc3ncn12)C[C@@H](C)CC4. The van der Waals surface area contributed by atoms with E-state index in [4.69, 9.17) is 9.47 Å². The lowest BCUT2D eigenvalue weighted by molar-refractivity contribution is -0.385. The van der Waals surface area contributed by atoms with Gasteiger partial charge in [-0.05, 0) is 44.6 Å². The molecule has 1 aliphatic carbocycles. The summed E-state index contributed by atoms with van der Waals surface area (Å²) in [4.78, 5) is 30.8. The minimum Gasteiger partial charge on any atom is -0.491 e. The number of amides is 1. The maximum Gasteiger partial charge on any atom is 0.314 e. The number of thiophene rings is 1. The van der Waals surface area contributed by atoms with Crippen molar-refractivity contribution in [2.75, 3.05) is 24.3 Å². The molecule has 0 spiro atoms. The Hall–Kier alpha value is -3.45. The summed E-state index contributed by atoms with van der Waals surface area (Å²) in [5.74, 6) is 0.653. The number of thioether (sulfide) groups is 1. The molecule has 1 amide bonds. The molecule has 0 aliphatic heterocycles. The Kier molecular flexibility index (Phi) is 7.15. The Balaban J connectivity index is 1.36. The largest absolute Gasteiger partial charge is 0.491 e. The van der Waals surface area contributed by atoms with Crippen molar-refractivity contribution >= 4 is 56.2 Å². The minimum absolute atomic E-state index is 0.0462. The molecule has 0 fully saturated rings. The number of nitrogens with zero attached hydrogens (tertiary/aromatic N) is 5. The van der Waals surface area contributed by atoms with Gasteiger partial charge < -0.3 is 14.8 Å². The smallest absolute Gasteiger partial charge is 0.314 e. The van der Waals surface area contributed by atoms with Gasteiger partial charge in [0, 0.05) is 10.9 Å². The van der Waals surface area contributed by atoms with E-state index in [1.807, 2.05) is 4.40 Å². The number of benzene rings is 1. The molecule has 0 radical (unpaired) electrons. The predicted molar refractivity (Wildman–Crippen MR) is 142 cm³/mol. The molecule has 0 bridgehead atoms. The monoisotopic (exact) mass is 542 g/mol. The number of hydrogen-bond acceptors (Lipinski definition) is 10. The number of nitro benzene ring substituents is 1. The average Bonchev–Trinajstić information content (AvgIpc) is 3.44. The molecule has 5 rings (SSSR count). The zero-order chi connectivity index (χ0) is 26.1. The quantitative estimate of drug-likeness (QED) is 0.178. The number of nitro groups is 1. The van der Waals surface area contributed by atoms with Crippen molar-refractivity contribution in [2.24, 2.45) is 5.92 Å². The Morgan fingerprint density at radius 2 is 2.05 bits per heavy atom. The molecule has 13 heteroatoms. The third-order valence-corrected chi connectivity index (χ3v) is 8.24. The Morgan fingerprint density at radius 1 is 1.27 bits per heavy atom. The Bertz CT molecular complexity index is 1500. The van der Waals surface area contributed by atoms with E-state index in [1.54, 1.807) is 31.5 Å². The van der Waals surface area contributed by atoms with Gasteiger partial charge in [-0.15, -0.1) is 21.5 Å². The molecule has 3 heterocycles. The molecule has 0 saturated carbocycles. The first-order chi connectivity index (χ1) is 17.9. The van der Waals surface area contributed by atoms with Gasteiger partial charge in [-0.2, -0.15) is 0 Å². The number of fused-ring (bicyclic) bond motifs is 5. The van der Waals surface area contributed by atoms with Crippen LogP contribution in [0.3, 0.4) is 0 Å². The summed E-state index contributed by atoms with van der Waals surface area (Å²) in [6.45, 7) is 6.29. The predicted octanol–water partition coefficient (Wildman–Crippen LogP) is 4.90. The van der Waals surface area contributed by atoms with Gasteiger partial charge in [0.05, 0.1) is 41.0 Å². The molecule has 194 valence electrons. The number of aromatic nitrogens is 4. The lowest BCUT2D eigenvalue weighted by Crippen LogP contribution is -2.15. The summed E-state index contributed by atoms with van der Waals surface area (Å²) in [6, 6.07) is 2.69. The highest BCUT2D eigenvalue weighted by Gasteiger charge is 2.25. The highest BCUT2D eigenvalue weighted by Crippen LogP contribution is 2.40. The van der Waals surface area contributed by atoms with Crippen LogP contribution < -0.4 is 14.8 Å². The number of carbonyl (C=O) groups excluding carboxylic acids is 1. The number of ether oxygens (including phenoxy) is 2. The van der Waals surface area contributed by atoms with Crippen LogP contribution >= 0.6 is 23.1 Å². The number of carbonyl (C=O) groups is 1. The van der Waals surface area contributed by atoms with Crippen molar-refractivity contribution in [1.82, 2.24) is 19.6 Å². The first kappa shape index (κ1) is 25.2. The summed E-state index contributed by atoms with van der Waals surface area (Å²) >= 11 is 2.97. The van der Waals surface area contributed by atoms with Gasteiger partial charge in [0.2, 0.25) is 5.91 Å². The second-order valence-electron chi connectivity index (χ2n) is 8.73. The molecule has 11 nitrogen and oxygen atoms in total. The molecule has 4 aromatic rings. The molecule has 1 N–H and O–H groups in total. The van der Waals surface area contributed by atoms with Crippen LogP contribution in [0.15, 0.2) is 23.6 Å². The molecule has 3 aromatic heterocycles. The van der Waals surface area contributed by atoms with Crippen LogP contribution in [0.2, 0.25) is 0 Å². The lowest BCUT2D eigenvalue weighted by atomic mass is 9.89. The molecular weight excluding hydrogens is 516 g/mol. The van der Waals surface area contributed by atoms with Crippen molar-refractivity contribution in [1.29, 1.82) is 0 Å². The third kappa shape index (κ3) is 4.92. The van der Waals surface area contributed by atoms with Gasteiger partial charge >= 0.3 is 5.69 Å². The van der Waals surface area contributed by atoms with Gasteiger partial charge in [0.25, 0.3) is 0 Å². The van der Waals surface area contributed by atoms with Gasteiger partial charge in [-0.1, -0.05) is 18.7 Å². The van der Waals surface area contributed by atoms with Crippen molar-refractivity contribution in [2.45, 2.75) is 45.2 Å². The lowest BCUT2D eigenvalue weighted by Gasteiger charge is -2.17. The normalized spacial score (nSPS) is 15.1. The average molecular weight is 543 g/mol. The Labute approximate surface area is 220 Å². The zero-order valence-corrected chi connectivity index (χ0v) is 22.3. The minimum atomic E-state index is -0.540. The van der Waals surface area contributed by atoms with Crippen LogP contribution in [0.25, 0.3) is 15.9 Å². The standard InChI is InChI=1S/C24H26N6O5S2/c1-4-34-17-10-16(30(32)33)18(35-5-2)9-15(17)26-20(31)11-36-24-28-27-22-21-14-7-6-13(3)8-19(14)37-23(21)25-12-29(22)24/h9-10,12-13H,4-8,11H2,1-3H3,(H,26,31)/t13-/m0/s1. The number of hydrogen-bond donors (Lipinski definition) is 1. The molecule has 0 saturated heterocycles. The van der Waals surface area contributed by atoms with Crippen LogP contribution in [-0.2, 0) is 17.6 Å². The van der Waals surface area contributed by atoms with E-state index in [0.29, 0.717) is 16.8 Å². The summed E-state index contributed by atoms with van der Waals surface area (Å²) in [5, 5.41) is 24.6. The molecule has 0 unspecified atom stereocenters. The Morgan fingerprint density at radius 3 is 2.81 bits per heavy atom. The van der Waals surface area contributed by atoms with Crippen LogP contribution in [-0.4, -0.2) is 49.4 Å². The molecule has 1 atom stereocenters. The van der Waals surface area contributed by atoms with Gasteiger partial charge in [0.1, 0.15) is 16.9 Å². The highest BCUT2D eigenvalue weighted by molar-refractivity contribution is 7.99. The van der Waals surface area contributed by atoms with Crippen LogP contribution in [0.1, 0.15) is 37.6 Å². The van der Waals surface area contributed by atoms with Crippen molar-refractivity contribution in [3.05, 3.63) is 39.0 Å². The number of rotatable bonds is 9. The number of nitrogens with one attached hydrogen (secondary N) is 1. The van der Waals surface area contributed by atoms with E-state index >= 15 is 0 Å². The fourth-order valence-electron chi connectivity index (χ4n) is 4.47. The first-order valence-electron chi connectivity index (χ1n) is 12.0. The molecule has 1 aliphatic rings. The summed E-state index contributed by atoms with van der Waals surface area (Å²) < 4.78 is 12.8. The second-order valence-corrected chi connectivity index (χ2v) is 10.8. The van der Waals surface area contributed by atoms with Crippen molar-refractivity contribution in [3.63, 3.8) is 0 Å². The van der Waals surface area contributed by atoms with Crippen LogP contribution in [0.5, 0.6) is 11.5 Å². The topological polar surface area (TPSA) is 134 Å². The third-order valence-electron chi connectivity index (χ3n) is 6.14. The summed E-state index contributed by atoms with van der Waals surface area (Å²) in [6.07, 6.45) is 4.93. The fourth-order valence-corrected chi connectivity index (χ4v) is 6.52. The van der Waals surface area contributed by atoms with Gasteiger partial charge in [-0.3, -0.25) is 19.3 Å². The first-order valence-corrected chi connectivity index (χ1v) is 13.8. The molecule has 37 heavy (non-hydrogen) atoms. The van der Waals surface area contributed by atoms with Gasteiger partial charge in [0.15, 0.2) is 16.6 Å². The second kappa shape index (κ2) is 10.5. The van der Waals surface area contributed by atoms with Crippen molar-refractivity contribution < 1.29 is 19.2 Å². The zero-order valence-electron chi connectivity index (χ0n) is 20.6. The number of anilines is 1. The molecule has 1 aromatic carbocycles. The summed E-state index contributed by atoms with van der Waals surface area (Å²) in [5.41, 5.74) is 2.16. The maximum atomic E-state index is 12.8. The van der Waals surface area contributed by atoms with Gasteiger partial charge in [-0.25, -0.2) is 4.98 Å². The molecular formula is C24H26N6O5S2. The van der Waals surface area contributed by atoms with E-state index in [0.717, 1.165) is 35.1 Å². The van der Waals surface area contributed by atoms with E-state index < -0.39 is 4.92 Å². The van der Waals surface area contributed by atoms with E-state index in [9.17, 15) is 14.9 Å². The van der Waals surface area contributed by atoms with E-state index in [2.05, 4.69) is 27.4 Å². The number of aryl methyl sites for hydroxylation is 1. The van der Waals surface area contributed by atoms with Crippen LogP contribution in [0.4, 0.5) is 11.4 Å². The van der Waals surface area contributed by atoms with E-state index in [-0.39, 0.29) is 42.1 Å².